The predicted molar refractivity (Wildman–Crippen MR) is 93.2 cm³/mol. The van der Waals surface area contributed by atoms with Crippen LogP contribution in [0.3, 0.4) is 0 Å². The van der Waals surface area contributed by atoms with E-state index in [0.29, 0.717) is 29.6 Å². The number of hydrogen-bond acceptors (Lipinski definition) is 3. The lowest BCUT2D eigenvalue weighted by molar-refractivity contribution is 0.478. The first kappa shape index (κ1) is 16.1. The standard InChI is InChI=1S/C16H23N7O/c1-4-8-22-16(24)13-15(17-6-7-18-22)21-14(20-13)12-9-19-23(10-12)11(3)5-2/h6-7,9-11,17-18H,4-5,8H2,1-3H3,(H,20,21). The summed E-state index contributed by atoms with van der Waals surface area (Å²) in [7, 11) is 0. The SMILES string of the molecule is CCCn1[nH]cc[nH]c2nc(-c3cnn(C(C)CC)c3)[nH]c2c1=O. The Labute approximate surface area is 139 Å². The zero-order chi connectivity index (χ0) is 17.1. The zero-order valence-corrected chi connectivity index (χ0v) is 14.2. The second-order valence-electron chi connectivity index (χ2n) is 5.84. The Bertz CT molecular complexity index is 922. The van der Waals surface area contributed by atoms with Crippen LogP contribution in [-0.2, 0) is 6.54 Å². The van der Waals surface area contributed by atoms with Gasteiger partial charge in [0.2, 0.25) is 0 Å². The lowest BCUT2D eigenvalue weighted by Crippen LogP contribution is -2.21. The van der Waals surface area contributed by atoms with Gasteiger partial charge in [-0.3, -0.25) is 14.2 Å². The minimum atomic E-state index is -0.142. The van der Waals surface area contributed by atoms with Gasteiger partial charge in [-0.25, -0.2) is 4.98 Å². The number of fused-ring (bicyclic) bond motifs is 1. The average molecular weight is 329 g/mol. The van der Waals surface area contributed by atoms with Crippen LogP contribution in [0.25, 0.3) is 22.6 Å². The summed E-state index contributed by atoms with van der Waals surface area (Å²) in [5, 5.41) is 7.35. The Hall–Kier alpha value is -2.77. The van der Waals surface area contributed by atoms with E-state index in [-0.39, 0.29) is 5.56 Å². The van der Waals surface area contributed by atoms with Crippen LogP contribution in [0.2, 0.25) is 0 Å². The van der Waals surface area contributed by atoms with Gasteiger partial charge in [-0.05, 0) is 19.8 Å². The van der Waals surface area contributed by atoms with Gasteiger partial charge in [-0.1, -0.05) is 13.8 Å². The molecule has 0 saturated carbocycles. The second kappa shape index (κ2) is 6.77. The molecule has 0 saturated heterocycles. The lowest BCUT2D eigenvalue weighted by atomic mass is 10.3. The van der Waals surface area contributed by atoms with Gasteiger partial charge >= 0.3 is 0 Å². The fourth-order valence-corrected chi connectivity index (χ4v) is 2.49. The van der Waals surface area contributed by atoms with Gasteiger partial charge in [0.05, 0.1) is 11.8 Å². The summed E-state index contributed by atoms with van der Waals surface area (Å²) in [5.41, 5.74) is 1.67. The first-order chi connectivity index (χ1) is 11.6. The van der Waals surface area contributed by atoms with E-state index in [1.54, 1.807) is 23.3 Å². The van der Waals surface area contributed by atoms with Crippen molar-refractivity contribution in [1.29, 1.82) is 0 Å². The summed E-state index contributed by atoms with van der Waals surface area (Å²) >= 11 is 0. The number of imidazole rings is 1. The molecule has 3 aromatic heterocycles. The van der Waals surface area contributed by atoms with Crippen LogP contribution in [-0.4, -0.2) is 34.5 Å². The molecule has 24 heavy (non-hydrogen) atoms. The summed E-state index contributed by atoms with van der Waals surface area (Å²) in [4.78, 5) is 23.4. The maximum absolute atomic E-state index is 12.7. The molecule has 0 radical (unpaired) electrons. The Balaban J connectivity index is 2.13. The summed E-state index contributed by atoms with van der Waals surface area (Å²) in [6.45, 7) is 6.87. The van der Waals surface area contributed by atoms with E-state index in [4.69, 9.17) is 0 Å². The third-order valence-electron chi connectivity index (χ3n) is 4.06. The van der Waals surface area contributed by atoms with E-state index >= 15 is 0 Å². The second-order valence-corrected chi connectivity index (χ2v) is 5.84. The van der Waals surface area contributed by atoms with E-state index in [0.717, 1.165) is 18.4 Å². The van der Waals surface area contributed by atoms with E-state index < -0.39 is 0 Å². The van der Waals surface area contributed by atoms with E-state index in [9.17, 15) is 4.79 Å². The van der Waals surface area contributed by atoms with Crippen molar-refractivity contribution < 1.29 is 0 Å². The van der Waals surface area contributed by atoms with Crippen molar-refractivity contribution in [3.8, 4) is 11.4 Å². The Morgan fingerprint density at radius 1 is 1.29 bits per heavy atom. The highest BCUT2D eigenvalue weighted by molar-refractivity contribution is 5.73. The van der Waals surface area contributed by atoms with Crippen LogP contribution in [0.5, 0.6) is 0 Å². The zero-order valence-electron chi connectivity index (χ0n) is 14.2. The van der Waals surface area contributed by atoms with Gasteiger partial charge in [0.15, 0.2) is 11.2 Å². The highest BCUT2D eigenvalue weighted by Crippen LogP contribution is 2.19. The molecule has 0 aliphatic rings. The molecule has 8 nitrogen and oxygen atoms in total. The third kappa shape index (κ3) is 2.99. The number of aromatic nitrogens is 7. The van der Waals surface area contributed by atoms with Crippen LogP contribution >= 0.6 is 0 Å². The molecular weight excluding hydrogens is 306 g/mol. The number of rotatable bonds is 5. The topological polar surface area (TPSA) is 100 Å². The molecule has 0 amide bonds. The van der Waals surface area contributed by atoms with Crippen molar-refractivity contribution in [3.63, 3.8) is 0 Å². The molecule has 3 heterocycles. The molecule has 0 aromatic carbocycles. The van der Waals surface area contributed by atoms with Crippen molar-refractivity contribution in [2.45, 2.75) is 46.2 Å². The quantitative estimate of drug-likeness (QED) is 0.671. The number of hydrogen-bond donors (Lipinski definition) is 3. The Morgan fingerprint density at radius 3 is 2.88 bits per heavy atom. The number of nitrogens with one attached hydrogen (secondary N) is 3. The van der Waals surface area contributed by atoms with Crippen molar-refractivity contribution in [2.24, 2.45) is 0 Å². The van der Waals surface area contributed by atoms with Crippen molar-refractivity contribution in [1.82, 2.24) is 34.5 Å². The monoisotopic (exact) mass is 329 g/mol. The fourth-order valence-electron chi connectivity index (χ4n) is 2.49. The maximum atomic E-state index is 12.7. The third-order valence-corrected chi connectivity index (χ3v) is 4.06. The summed E-state index contributed by atoms with van der Waals surface area (Å²) in [5.74, 6) is 0.627. The van der Waals surface area contributed by atoms with Gasteiger partial charge in [0.25, 0.3) is 5.56 Å². The molecule has 128 valence electrons. The molecule has 1 unspecified atom stereocenters. The van der Waals surface area contributed by atoms with Crippen LogP contribution in [0.15, 0.2) is 29.6 Å². The van der Waals surface area contributed by atoms with Crippen LogP contribution in [0.1, 0.15) is 39.7 Å². The maximum Gasteiger partial charge on any atom is 0.292 e. The molecule has 3 rings (SSSR count). The number of H-pyrrole nitrogens is 3. The van der Waals surface area contributed by atoms with Crippen LogP contribution in [0, 0.1) is 0 Å². The lowest BCUT2D eigenvalue weighted by Gasteiger charge is -2.07. The van der Waals surface area contributed by atoms with Gasteiger partial charge in [-0.15, -0.1) is 0 Å². The normalized spacial score (nSPS) is 12.5. The van der Waals surface area contributed by atoms with Gasteiger partial charge in [0, 0.05) is 31.2 Å². The van der Waals surface area contributed by atoms with E-state index in [2.05, 4.69) is 39.0 Å². The van der Waals surface area contributed by atoms with Crippen LogP contribution < -0.4 is 5.56 Å². The minimum absolute atomic E-state index is 0.142. The molecule has 0 aliphatic heterocycles. The van der Waals surface area contributed by atoms with Crippen molar-refractivity contribution in [3.05, 3.63) is 35.1 Å². The Morgan fingerprint density at radius 2 is 2.12 bits per heavy atom. The molecule has 0 fully saturated rings. The molecular formula is C16H23N7O. The van der Waals surface area contributed by atoms with Crippen molar-refractivity contribution in [2.75, 3.05) is 0 Å². The summed E-state index contributed by atoms with van der Waals surface area (Å²) in [6, 6.07) is 0.321. The number of aromatic amines is 3. The Kier molecular flexibility index (Phi) is 4.54. The van der Waals surface area contributed by atoms with E-state index in [1.807, 2.05) is 17.8 Å². The summed E-state index contributed by atoms with van der Waals surface area (Å²) < 4.78 is 3.48. The first-order valence-corrected chi connectivity index (χ1v) is 8.28. The highest BCUT2D eigenvalue weighted by atomic mass is 16.1. The molecule has 3 N–H and O–H groups in total. The molecule has 0 spiro atoms. The molecule has 0 aliphatic carbocycles. The van der Waals surface area contributed by atoms with Crippen LogP contribution in [0.4, 0.5) is 0 Å². The van der Waals surface area contributed by atoms with Gasteiger partial charge < -0.3 is 15.1 Å². The molecule has 8 heteroatoms. The minimum Gasteiger partial charge on any atom is -0.343 e. The van der Waals surface area contributed by atoms with Gasteiger partial charge in [0.1, 0.15) is 5.82 Å². The number of aryl methyl sites for hydroxylation is 1. The molecule has 3 aromatic rings. The number of nitrogens with zero attached hydrogens (tertiary/aromatic N) is 4. The summed E-state index contributed by atoms with van der Waals surface area (Å²) in [6.07, 6.45) is 8.98. The van der Waals surface area contributed by atoms with Crippen molar-refractivity contribution >= 4 is 11.2 Å². The fraction of sp³-hybridized carbons (Fsp3) is 0.438. The smallest absolute Gasteiger partial charge is 0.292 e. The molecule has 1 atom stereocenters. The molecule has 0 bridgehead atoms. The van der Waals surface area contributed by atoms with E-state index in [1.165, 1.54) is 0 Å². The largest absolute Gasteiger partial charge is 0.343 e. The first-order valence-electron chi connectivity index (χ1n) is 8.28. The average Bonchev–Trinajstić information content (AvgIpc) is 3.22. The van der Waals surface area contributed by atoms with Gasteiger partial charge in [-0.2, -0.15) is 5.10 Å². The predicted octanol–water partition coefficient (Wildman–Crippen LogP) is 2.75. The highest BCUT2D eigenvalue weighted by Gasteiger charge is 2.12.